The van der Waals surface area contributed by atoms with E-state index in [2.05, 4.69) is 305 Å². The molecule has 0 N–H and O–H groups in total. The van der Waals surface area contributed by atoms with Crippen molar-refractivity contribution in [2.24, 2.45) is 0 Å². The highest BCUT2D eigenvalue weighted by molar-refractivity contribution is 7.02. The van der Waals surface area contributed by atoms with Crippen LogP contribution >= 0.6 is 0 Å². The summed E-state index contributed by atoms with van der Waals surface area (Å²) < 4.78 is 5.40. The number of aryl methyl sites for hydroxylation is 4. The maximum atomic E-state index is 2.75. The predicted molar refractivity (Wildman–Crippen MR) is 385 cm³/mol. The summed E-state index contributed by atoms with van der Waals surface area (Å²) in [6.07, 6.45) is 0. The Balaban J connectivity index is 1.17. The second kappa shape index (κ2) is 18.0. The first-order valence-electron chi connectivity index (χ1n) is 32.7. The zero-order valence-corrected chi connectivity index (χ0v) is 56.6. The summed E-state index contributed by atoms with van der Waals surface area (Å²) in [5.41, 5.74) is 36.2. The van der Waals surface area contributed by atoms with Crippen molar-refractivity contribution in [2.45, 2.75) is 185 Å². The van der Waals surface area contributed by atoms with Crippen molar-refractivity contribution >= 4 is 124 Å². The minimum absolute atomic E-state index is 0.0218. The normalized spacial score (nSPS) is 14.6. The van der Waals surface area contributed by atoms with Crippen LogP contribution in [0.1, 0.15) is 180 Å². The molecule has 0 amide bonds. The van der Waals surface area contributed by atoms with E-state index in [4.69, 9.17) is 0 Å². The van der Waals surface area contributed by atoms with Gasteiger partial charge in [0.25, 0.3) is 13.4 Å². The van der Waals surface area contributed by atoms with Gasteiger partial charge in [-0.15, -0.1) is 0 Å². The molecule has 0 radical (unpaired) electrons. The van der Waals surface area contributed by atoms with E-state index in [1.165, 1.54) is 178 Å². The van der Waals surface area contributed by atoms with E-state index < -0.39 is 0 Å². The molecular formula is C82H88B2N4. The highest BCUT2D eigenvalue weighted by atomic mass is 15.2. The highest BCUT2D eigenvalue weighted by Crippen LogP contribution is 2.51. The van der Waals surface area contributed by atoms with E-state index in [0.29, 0.717) is 0 Å². The Labute approximate surface area is 525 Å². The van der Waals surface area contributed by atoms with Gasteiger partial charge in [-0.3, -0.25) is 0 Å². The maximum Gasteiger partial charge on any atom is 0.252 e. The molecule has 0 atom stereocenters. The van der Waals surface area contributed by atoms with Crippen molar-refractivity contribution in [3.05, 3.63) is 189 Å². The molecule has 0 unspecified atom stereocenters. The second-order valence-electron chi connectivity index (χ2n) is 33.4. The molecule has 88 heavy (non-hydrogen) atoms. The van der Waals surface area contributed by atoms with Crippen LogP contribution in [0.3, 0.4) is 0 Å². The van der Waals surface area contributed by atoms with Gasteiger partial charge < -0.3 is 18.9 Å². The van der Waals surface area contributed by atoms with Crippen LogP contribution < -0.4 is 42.6 Å². The smallest absolute Gasteiger partial charge is 0.252 e. The Morgan fingerprint density at radius 1 is 0.273 bits per heavy atom. The van der Waals surface area contributed by atoms with Crippen LogP contribution in [-0.4, -0.2) is 22.6 Å². The lowest BCUT2D eigenvalue weighted by atomic mass is 9.31. The molecule has 15 rings (SSSR count). The van der Waals surface area contributed by atoms with Crippen molar-refractivity contribution < 1.29 is 0 Å². The lowest BCUT2D eigenvalue weighted by Crippen LogP contribution is -2.64. The van der Waals surface area contributed by atoms with E-state index in [1.807, 2.05) is 0 Å². The summed E-state index contributed by atoms with van der Waals surface area (Å²) in [6, 6.07) is 54.8. The first-order valence-corrected chi connectivity index (χ1v) is 32.7. The Hall–Kier alpha value is -7.69. The van der Waals surface area contributed by atoms with Crippen molar-refractivity contribution in [2.75, 3.05) is 9.80 Å². The Morgan fingerprint density at radius 2 is 0.568 bits per heavy atom. The summed E-state index contributed by atoms with van der Waals surface area (Å²) in [5.74, 6) is 0. The number of rotatable bonds is 2. The number of fused-ring (bicyclic) bond motifs is 14. The molecule has 6 heteroatoms. The number of aromatic nitrogens is 2. The largest absolute Gasteiger partial charge is 0.311 e. The molecule has 9 aromatic carbocycles. The molecule has 11 aromatic rings. The van der Waals surface area contributed by atoms with Crippen LogP contribution in [0.15, 0.2) is 133 Å². The summed E-state index contributed by atoms with van der Waals surface area (Å²) in [5, 5.41) is 5.35. The summed E-state index contributed by atoms with van der Waals surface area (Å²) in [6.45, 7) is 52.2. The monoisotopic (exact) mass is 1150 g/mol. The molecule has 4 aliphatic heterocycles. The van der Waals surface area contributed by atoms with Gasteiger partial charge in [0.05, 0.1) is 22.4 Å². The zero-order valence-electron chi connectivity index (χ0n) is 56.6. The second-order valence-corrected chi connectivity index (χ2v) is 33.4. The van der Waals surface area contributed by atoms with Gasteiger partial charge in [0.15, 0.2) is 0 Å². The summed E-state index contributed by atoms with van der Waals surface area (Å²) in [7, 11) is 0. The van der Waals surface area contributed by atoms with E-state index in [1.54, 1.807) is 0 Å². The third kappa shape index (κ3) is 7.97. The number of benzene rings is 9. The predicted octanol–water partition coefficient (Wildman–Crippen LogP) is 18.1. The molecular weight excluding hydrogens is 1060 g/mol. The number of anilines is 6. The van der Waals surface area contributed by atoms with Crippen LogP contribution in [0.5, 0.6) is 0 Å². The highest BCUT2D eigenvalue weighted by Gasteiger charge is 2.49. The minimum atomic E-state index is -0.156. The van der Waals surface area contributed by atoms with Crippen molar-refractivity contribution in [3.63, 3.8) is 0 Å². The average molecular weight is 1150 g/mol. The van der Waals surface area contributed by atoms with Crippen LogP contribution in [0, 0.1) is 27.7 Å². The fourth-order valence-electron chi connectivity index (χ4n) is 16.0. The van der Waals surface area contributed by atoms with Crippen molar-refractivity contribution in [3.8, 4) is 11.4 Å². The molecule has 0 fully saturated rings. The van der Waals surface area contributed by atoms with Crippen LogP contribution in [0.25, 0.3) is 55.0 Å². The molecule has 0 aliphatic carbocycles. The Morgan fingerprint density at radius 3 is 0.886 bits per heavy atom. The van der Waals surface area contributed by atoms with Gasteiger partial charge in [-0.1, -0.05) is 185 Å². The third-order valence-electron chi connectivity index (χ3n) is 21.0. The van der Waals surface area contributed by atoms with Crippen molar-refractivity contribution in [1.29, 1.82) is 0 Å². The standard InChI is InChI=1S/C82H88B2N4/c1-45-25-23-26-46(2)73(45)87-65-43-60-66(44-59(65)83-61-37-51(79(11,12)13)35-57-55-33-49(77(5,6)7)29-31-63(55)85(75(57)61)67-39-53(81(17,18)19)41-69(87)71(67)83)88(74-47(3)27-24-28-48(74)4)70-42-54(82(20,21)22)40-68-72(70)84(60)62-38-52(80(14,15)16)36-58-56-34-50(78(8,9)10)30-32-64(56)86(68)76(58)62/h23-44H,1-22H3. The van der Waals surface area contributed by atoms with E-state index >= 15 is 0 Å². The summed E-state index contributed by atoms with van der Waals surface area (Å²) >= 11 is 0. The topological polar surface area (TPSA) is 16.3 Å². The van der Waals surface area contributed by atoms with Gasteiger partial charge in [0.1, 0.15) is 0 Å². The molecule has 0 saturated carbocycles. The maximum absolute atomic E-state index is 2.75. The first kappa shape index (κ1) is 56.8. The first-order chi connectivity index (χ1) is 41.1. The number of hydrogen-bond acceptors (Lipinski definition) is 2. The molecule has 2 aromatic heterocycles. The fraction of sp³-hybridized carbons (Fsp3) is 0.341. The van der Waals surface area contributed by atoms with Crippen LogP contribution in [0.4, 0.5) is 34.1 Å². The Bertz CT molecular complexity index is 4570. The fourth-order valence-corrected chi connectivity index (χ4v) is 16.0. The molecule has 4 nitrogen and oxygen atoms in total. The van der Waals surface area contributed by atoms with Crippen LogP contribution in [0.2, 0.25) is 0 Å². The van der Waals surface area contributed by atoms with Crippen LogP contribution in [-0.2, 0) is 32.5 Å². The molecule has 0 bridgehead atoms. The van der Waals surface area contributed by atoms with Gasteiger partial charge in [-0.2, -0.15) is 0 Å². The SMILES string of the molecule is Cc1cccc(C)c1N1c2cc3c(cc2B2c4c1cc(C(C)(C)C)cc4-n1c4ccc(C(C)(C)C)cc4c4cc(C(C)(C)C)cc2c41)N(c1c(C)cccc1C)c1cc(C(C)(C)C)cc2c1B3c1cc(C(C)(C)C)cc3c4cc(C(C)(C)C)ccc4n-2c13. The number of para-hydroxylation sites is 2. The third-order valence-corrected chi connectivity index (χ3v) is 21.0. The van der Waals surface area contributed by atoms with Gasteiger partial charge >= 0.3 is 0 Å². The molecule has 0 spiro atoms. The number of nitrogens with zero attached hydrogens (tertiary/aromatic N) is 4. The van der Waals surface area contributed by atoms with Gasteiger partial charge in [-0.05, 0) is 221 Å². The molecule has 0 saturated heterocycles. The summed E-state index contributed by atoms with van der Waals surface area (Å²) in [4.78, 5) is 5.50. The molecule has 6 heterocycles. The Kier molecular flexibility index (Phi) is 11.6. The van der Waals surface area contributed by atoms with Gasteiger partial charge in [0, 0.05) is 66.7 Å². The van der Waals surface area contributed by atoms with Crippen molar-refractivity contribution in [1.82, 2.24) is 9.13 Å². The van der Waals surface area contributed by atoms with E-state index in [0.717, 1.165) is 0 Å². The average Bonchev–Trinajstić information content (AvgIpc) is 1.59. The van der Waals surface area contributed by atoms with Gasteiger partial charge in [0.2, 0.25) is 0 Å². The lowest BCUT2D eigenvalue weighted by Gasteiger charge is -2.46. The number of hydrogen-bond donors (Lipinski definition) is 0. The molecule has 442 valence electrons. The van der Waals surface area contributed by atoms with E-state index in [-0.39, 0.29) is 45.9 Å². The quantitative estimate of drug-likeness (QED) is 0.160. The zero-order chi connectivity index (χ0) is 62.5. The molecule has 4 aliphatic rings. The lowest BCUT2D eigenvalue weighted by molar-refractivity contribution is 0.590. The minimum Gasteiger partial charge on any atom is -0.311 e. The van der Waals surface area contributed by atoms with Gasteiger partial charge in [-0.25, -0.2) is 0 Å². The van der Waals surface area contributed by atoms with E-state index in [9.17, 15) is 0 Å².